The predicted octanol–water partition coefficient (Wildman–Crippen LogP) is 4.14. The minimum absolute atomic E-state index is 0.0965. The van der Waals surface area contributed by atoms with Crippen LogP contribution >= 0.6 is 11.8 Å². The summed E-state index contributed by atoms with van der Waals surface area (Å²) >= 11 is 1.32. The van der Waals surface area contributed by atoms with Crippen molar-refractivity contribution in [2.24, 2.45) is 4.99 Å². The predicted molar refractivity (Wildman–Crippen MR) is 111 cm³/mol. The maximum atomic E-state index is 12.7. The molecule has 1 heterocycles. The van der Waals surface area contributed by atoms with Gasteiger partial charge in [-0.05, 0) is 30.7 Å². The van der Waals surface area contributed by atoms with Crippen molar-refractivity contribution in [3.63, 3.8) is 0 Å². The van der Waals surface area contributed by atoms with E-state index in [2.05, 4.69) is 16.9 Å². The number of carbonyl (C=O) groups is 2. The van der Waals surface area contributed by atoms with Gasteiger partial charge in [0, 0.05) is 18.7 Å². The van der Waals surface area contributed by atoms with Gasteiger partial charge in [-0.15, -0.1) is 6.58 Å². The third kappa shape index (κ3) is 4.65. The Bertz CT molecular complexity index is 880. The zero-order valence-electron chi connectivity index (χ0n) is 15.1. The van der Waals surface area contributed by atoms with E-state index in [0.717, 1.165) is 16.9 Å². The molecular formula is C21H21N3O2S. The monoisotopic (exact) mass is 379 g/mol. The van der Waals surface area contributed by atoms with Crippen LogP contribution in [0.15, 0.2) is 72.2 Å². The van der Waals surface area contributed by atoms with Crippen LogP contribution in [0.1, 0.15) is 12.0 Å². The minimum atomic E-state index is -0.489. The number of hydrogen-bond acceptors (Lipinski definition) is 4. The van der Waals surface area contributed by atoms with E-state index >= 15 is 0 Å². The molecule has 27 heavy (non-hydrogen) atoms. The lowest BCUT2D eigenvalue weighted by Crippen LogP contribution is -2.33. The highest BCUT2D eigenvalue weighted by Gasteiger charge is 2.38. The van der Waals surface area contributed by atoms with Gasteiger partial charge in [-0.3, -0.25) is 14.5 Å². The Morgan fingerprint density at radius 1 is 1.22 bits per heavy atom. The number of aliphatic imine (C=N–C) groups is 1. The minimum Gasteiger partial charge on any atom is -0.326 e. The summed E-state index contributed by atoms with van der Waals surface area (Å²) < 4.78 is 0. The molecule has 1 fully saturated rings. The van der Waals surface area contributed by atoms with Gasteiger partial charge in [0.25, 0.3) is 0 Å². The maximum Gasteiger partial charge on any atom is 0.242 e. The van der Waals surface area contributed by atoms with Gasteiger partial charge < -0.3 is 5.32 Å². The molecule has 3 rings (SSSR count). The fraction of sp³-hybridized carbons (Fsp3) is 0.190. The number of nitrogens with zero attached hydrogens (tertiary/aromatic N) is 2. The van der Waals surface area contributed by atoms with E-state index in [4.69, 9.17) is 0 Å². The lowest BCUT2D eigenvalue weighted by molar-refractivity contribution is -0.127. The van der Waals surface area contributed by atoms with Crippen LogP contribution in [0.4, 0.5) is 11.4 Å². The summed E-state index contributed by atoms with van der Waals surface area (Å²) in [7, 11) is 0. The first kappa shape index (κ1) is 18.9. The summed E-state index contributed by atoms with van der Waals surface area (Å²) in [6.45, 7) is 6.01. The number of nitrogens with one attached hydrogen (secondary N) is 1. The van der Waals surface area contributed by atoms with E-state index < -0.39 is 5.25 Å². The third-order valence-electron chi connectivity index (χ3n) is 4.10. The Kier molecular flexibility index (Phi) is 6.08. The van der Waals surface area contributed by atoms with Crippen molar-refractivity contribution in [2.75, 3.05) is 11.9 Å². The first-order chi connectivity index (χ1) is 13.1. The highest BCUT2D eigenvalue weighted by atomic mass is 32.2. The lowest BCUT2D eigenvalue weighted by Gasteiger charge is -2.14. The molecule has 6 heteroatoms. The van der Waals surface area contributed by atoms with Crippen LogP contribution in [0.5, 0.6) is 0 Å². The average Bonchev–Trinajstić information content (AvgIpc) is 2.93. The second-order valence-electron chi connectivity index (χ2n) is 6.14. The number of rotatable bonds is 6. The summed E-state index contributed by atoms with van der Waals surface area (Å²) in [5.41, 5.74) is 2.52. The van der Waals surface area contributed by atoms with E-state index in [1.807, 2.05) is 61.5 Å². The first-order valence-electron chi connectivity index (χ1n) is 8.66. The van der Waals surface area contributed by atoms with Crippen LogP contribution in [0.2, 0.25) is 0 Å². The van der Waals surface area contributed by atoms with Crippen molar-refractivity contribution in [1.82, 2.24) is 4.90 Å². The summed E-state index contributed by atoms with van der Waals surface area (Å²) in [6, 6.07) is 17.0. The van der Waals surface area contributed by atoms with Gasteiger partial charge in [-0.2, -0.15) is 0 Å². The molecule has 1 saturated heterocycles. The second-order valence-corrected chi connectivity index (χ2v) is 7.31. The zero-order chi connectivity index (χ0) is 19.2. The van der Waals surface area contributed by atoms with Gasteiger partial charge in [-0.25, -0.2) is 4.99 Å². The molecule has 1 aliphatic heterocycles. The van der Waals surface area contributed by atoms with Gasteiger partial charge in [-0.1, -0.05) is 54.2 Å². The molecule has 0 saturated carbocycles. The van der Waals surface area contributed by atoms with Gasteiger partial charge in [0.05, 0.1) is 5.69 Å². The van der Waals surface area contributed by atoms with Crippen molar-refractivity contribution in [1.29, 1.82) is 0 Å². The molecule has 1 atom stereocenters. The first-order valence-corrected chi connectivity index (χ1v) is 9.54. The second kappa shape index (κ2) is 8.68. The van der Waals surface area contributed by atoms with Crippen LogP contribution in [0.3, 0.4) is 0 Å². The van der Waals surface area contributed by atoms with Crippen molar-refractivity contribution in [3.05, 3.63) is 72.8 Å². The lowest BCUT2D eigenvalue weighted by atomic mass is 10.2. The molecule has 2 amide bonds. The summed E-state index contributed by atoms with van der Waals surface area (Å²) in [4.78, 5) is 31.3. The molecule has 0 spiro atoms. The molecule has 5 nitrogen and oxygen atoms in total. The molecule has 2 aromatic rings. The van der Waals surface area contributed by atoms with Crippen molar-refractivity contribution in [2.45, 2.75) is 18.6 Å². The van der Waals surface area contributed by atoms with Crippen LogP contribution in [-0.2, 0) is 9.59 Å². The normalized spacial score (nSPS) is 18.0. The summed E-state index contributed by atoms with van der Waals surface area (Å²) in [5.74, 6) is -0.302. The molecule has 0 unspecified atom stereocenters. The topological polar surface area (TPSA) is 61.8 Å². The molecule has 138 valence electrons. The Labute approximate surface area is 163 Å². The van der Waals surface area contributed by atoms with E-state index in [9.17, 15) is 9.59 Å². The fourth-order valence-corrected chi connectivity index (χ4v) is 3.89. The van der Waals surface area contributed by atoms with Crippen LogP contribution in [0.25, 0.3) is 0 Å². The molecule has 1 aliphatic rings. The Morgan fingerprint density at radius 2 is 1.93 bits per heavy atom. The quantitative estimate of drug-likeness (QED) is 0.767. The van der Waals surface area contributed by atoms with Crippen LogP contribution in [0, 0.1) is 6.92 Å². The number of hydrogen-bond donors (Lipinski definition) is 1. The van der Waals surface area contributed by atoms with Gasteiger partial charge >= 0.3 is 0 Å². The number of amidine groups is 1. The smallest absolute Gasteiger partial charge is 0.242 e. The molecular weight excluding hydrogens is 358 g/mol. The summed E-state index contributed by atoms with van der Waals surface area (Å²) in [5, 5.41) is 2.99. The largest absolute Gasteiger partial charge is 0.326 e. The van der Waals surface area contributed by atoms with Crippen molar-refractivity contribution in [3.8, 4) is 0 Å². The Hall–Kier alpha value is -2.86. The number of thioether (sulfide) groups is 1. The molecule has 0 aliphatic carbocycles. The molecule has 0 bridgehead atoms. The van der Waals surface area contributed by atoms with E-state index in [1.54, 1.807) is 11.0 Å². The Morgan fingerprint density at radius 3 is 2.63 bits per heavy atom. The maximum absolute atomic E-state index is 12.7. The number of para-hydroxylation sites is 2. The third-order valence-corrected chi connectivity index (χ3v) is 5.28. The van der Waals surface area contributed by atoms with E-state index in [0.29, 0.717) is 11.7 Å². The molecule has 0 radical (unpaired) electrons. The fourth-order valence-electron chi connectivity index (χ4n) is 2.72. The van der Waals surface area contributed by atoms with Crippen molar-refractivity contribution >= 4 is 40.1 Å². The molecule has 2 aromatic carbocycles. The SMILES string of the molecule is C=CCN1C(=O)[C@@H](CC(=O)Nc2ccccc2C)SC1=Nc1ccccc1. The van der Waals surface area contributed by atoms with Gasteiger partial charge in [0.15, 0.2) is 5.17 Å². The number of carbonyl (C=O) groups excluding carboxylic acids is 2. The Balaban J connectivity index is 1.73. The zero-order valence-corrected chi connectivity index (χ0v) is 15.9. The highest BCUT2D eigenvalue weighted by molar-refractivity contribution is 8.15. The summed E-state index contributed by atoms with van der Waals surface area (Å²) in [6.07, 6.45) is 1.76. The number of benzene rings is 2. The average molecular weight is 379 g/mol. The van der Waals surface area contributed by atoms with Gasteiger partial charge in [0.2, 0.25) is 11.8 Å². The molecule has 0 aromatic heterocycles. The van der Waals surface area contributed by atoms with Crippen LogP contribution in [-0.4, -0.2) is 33.7 Å². The number of amides is 2. The molecule has 1 N–H and O–H groups in total. The van der Waals surface area contributed by atoms with E-state index in [1.165, 1.54) is 11.8 Å². The standard InChI is InChI=1S/C21H21N3O2S/c1-3-13-24-20(26)18(27-21(24)22-16-10-5-4-6-11-16)14-19(25)23-17-12-8-7-9-15(17)2/h3-12,18H,1,13-14H2,2H3,(H,23,25)/t18-/m1/s1. The van der Waals surface area contributed by atoms with Crippen LogP contribution < -0.4 is 5.32 Å². The highest BCUT2D eigenvalue weighted by Crippen LogP contribution is 2.31. The van der Waals surface area contributed by atoms with E-state index in [-0.39, 0.29) is 18.2 Å². The number of aryl methyl sites for hydroxylation is 1. The van der Waals surface area contributed by atoms with Crippen molar-refractivity contribution < 1.29 is 9.59 Å². The number of anilines is 1. The van der Waals surface area contributed by atoms with Gasteiger partial charge in [0.1, 0.15) is 5.25 Å².